The molecule has 0 unspecified atom stereocenters. The third-order valence-corrected chi connectivity index (χ3v) is 3.41. The first-order chi connectivity index (χ1) is 9.86. The number of likely N-dealkylation sites (tertiary alicyclic amines) is 1. The van der Waals surface area contributed by atoms with Crippen molar-refractivity contribution in [3.63, 3.8) is 0 Å². The van der Waals surface area contributed by atoms with E-state index in [2.05, 4.69) is 5.32 Å². The molecule has 21 heavy (non-hydrogen) atoms. The number of hydrogen-bond acceptors (Lipinski definition) is 2. The van der Waals surface area contributed by atoms with Crippen LogP contribution in [-0.4, -0.2) is 35.2 Å². The van der Waals surface area contributed by atoms with Crippen LogP contribution in [0.15, 0.2) is 24.3 Å². The van der Waals surface area contributed by atoms with Crippen molar-refractivity contribution in [3.8, 4) is 0 Å². The minimum Gasteiger partial charge on any atom is -0.391 e. The van der Waals surface area contributed by atoms with Crippen LogP contribution >= 0.6 is 0 Å². The van der Waals surface area contributed by atoms with Crippen LogP contribution in [0.2, 0.25) is 0 Å². The summed E-state index contributed by atoms with van der Waals surface area (Å²) in [5.74, 6) is 0. The Labute approximate surface area is 120 Å². The summed E-state index contributed by atoms with van der Waals surface area (Å²) >= 11 is 0. The van der Waals surface area contributed by atoms with E-state index in [1.54, 1.807) is 0 Å². The van der Waals surface area contributed by atoms with Gasteiger partial charge in [-0.1, -0.05) is 12.1 Å². The van der Waals surface area contributed by atoms with Gasteiger partial charge in [0.05, 0.1) is 11.7 Å². The van der Waals surface area contributed by atoms with E-state index in [4.69, 9.17) is 0 Å². The molecule has 2 rings (SSSR count). The molecule has 1 aromatic carbocycles. The second kappa shape index (κ2) is 6.34. The Kier molecular flexibility index (Phi) is 4.72. The largest absolute Gasteiger partial charge is 0.416 e. The molecule has 2 N–H and O–H groups in total. The first-order valence-corrected chi connectivity index (χ1v) is 6.73. The first kappa shape index (κ1) is 15.6. The van der Waals surface area contributed by atoms with Gasteiger partial charge in [0.25, 0.3) is 0 Å². The fraction of sp³-hybridized carbons (Fsp3) is 0.500. The molecule has 1 aromatic rings. The molecular formula is C14H17F3N2O2. The van der Waals surface area contributed by atoms with Gasteiger partial charge in [-0.05, 0) is 30.5 Å². The zero-order valence-corrected chi connectivity index (χ0v) is 11.4. The Morgan fingerprint density at radius 2 is 2.00 bits per heavy atom. The third kappa shape index (κ3) is 4.35. The van der Waals surface area contributed by atoms with Crippen LogP contribution in [0.5, 0.6) is 0 Å². The van der Waals surface area contributed by atoms with Crippen molar-refractivity contribution >= 4 is 6.03 Å². The van der Waals surface area contributed by atoms with Crippen LogP contribution in [0.3, 0.4) is 0 Å². The van der Waals surface area contributed by atoms with E-state index in [0.29, 0.717) is 25.1 Å². The quantitative estimate of drug-likeness (QED) is 0.881. The van der Waals surface area contributed by atoms with E-state index in [1.165, 1.54) is 17.0 Å². The molecule has 1 aliphatic heterocycles. The van der Waals surface area contributed by atoms with Crippen molar-refractivity contribution in [1.82, 2.24) is 10.2 Å². The molecule has 0 saturated carbocycles. The van der Waals surface area contributed by atoms with Crippen LogP contribution in [0.1, 0.15) is 24.0 Å². The SMILES string of the molecule is O=C(NCc1ccc(C(F)(F)F)cc1)N1CCC[C@H](O)C1. The van der Waals surface area contributed by atoms with E-state index in [9.17, 15) is 23.1 Å². The van der Waals surface area contributed by atoms with E-state index < -0.39 is 17.8 Å². The van der Waals surface area contributed by atoms with Crippen molar-refractivity contribution in [2.75, 3.05) is 13.1 Å². The van der Waals surface area contributed by atoms with E-state index in [1.807, 2.05) is 0 Å². The molecule has 0 aromatic heterocycles. The summed E-state index contributed by atoms with van der Waals surface area (Å²) < 4.78 is 37.2. The maximum Gasteiger partial charge on any atom is 0.416 e. The number of alkyl halides is 3. The van der Waals surface area contributed by atoms with Gasteiger partial charge in [-0.2, -0.15) is 13.2 Å². The van der Waals surface area contributed by atoms with E-state index in [0.717, 1.165) is 18.6 Å². The summed E-state index contributed by atoms with van der Waals surface area (Å²) in [5, 5.41) is 12.1. The average Bonchev–Trinajstić information content (AvgIpc) is 2.44. The number of amides is 2. The minimum absolute atomic E-state index is 0.156. The Morgan fingerprint density at radius 3 is 2.57 bits per heavy atom. The Bertz CT molecular complexity index is 488. The second-order valence-corrected chi connectivity index (χ2v) is 5.10. The van der Waals surface area contributed by atoms with Gasteiger partial charge < -0.3 is 15.3 Å². The molecule has 4 nitrogen and oxygen atoms in total. The monoisotopic (exact) mass is 302 g/mol. The van der Waals surface area contributed by atoms with Crippen molar-refractivity contribution in [3.05, 3.63) is 35.4 Å². The lowest BCUT2D eigenvalue weighted by Crippen LogP contribution is -2.46. The van der Waals surface area contributed by atoms with Gasteiger partial charge in [-0.25, -0.2) is 4.79 Å². The number of aliphatic hydroxyl groups excluding tert-OH is 1. The lowest BCUT2D eigenvalue weighted by atomic mass is 10.1. The summed E-state index contributed by atoms with van der Waals surface area (Å²) in [5.41, 5.74) is -0.120. The van der Waals surface area contributed by atoms with Crippen LogP contribution in [0, 0.1) is 0 Å². The Balaban J connectivity index is 1.86. The van der Waals surface area contributed by atoms with Crippen LogP contribution in [-0.2, 0) is 12.7 Å². The molecule has 1 heterocycles. The predicted octanol–water partition coefficient (Wildman–Crippen LogP) is 2.37. The van der Waals surface area contributed by atoms with Gasteiger partial charge >= 0.3 is 12.2 Å². The van der Waals surface area contributed by atoms with Crippen LogP contribution < -0.4 is 5.32 Å². The maximum atomic E-state index is 12.4. The standard InChI is InChI=1S/C14H17F3N2O2/c15-14(16,17)11-5-3-10(4-6-11)8-18-13(21)19-7-1-2-12(20)9-19/h3-6,12,20H,1-2,7-9H2,(H,18,21)/t12-/m0/s1. The van der Waals surface area contributed by atoms with Crippen LogP contribution in [0.4, 0.5) is 18.0 Å². The number of nitrogens with zero attached hydrogens (tertiary/aromatic N) is 1. The number of carbonyl (C=O) groups excluding carboxylic acids is 1. The van der Waals surface area contributed by atoms with Crippen molar-refractivity contribution < 1.29 is 23.1 Å². The van der Waals surface area contributed by atoms with Gasteiger partial charge in [0.2, 0.25) is 0 Å². The molecule has 7 heteroatoms. The molecule has 0 radical (unpaired) electrons. The molecule has 116 valence electrons. The number of urea groups is 1. The summed E-state index contributed by atoms with van der Waals surface area (Å²) in [6, 6.07) is 4.36. The van der Waals surface area contributed by atoms with E-state index in [-0.39, 0.29) is 12.6 Å². The average molecular weight is 302 g/mol. The van der Waals surface area contributed by atoms with Gasteiger partial charge in [0.1, 0.15) is 0 Å². The molecule has 1 fully saturated rings. The fourth-order valence-electron chi connectivity index (χ4n) is 2.24. The predicted molar refractivity (Wildman–Crippen MR) is 70.5 cm³/mol. The molecule has 1 aliphatic rings. The third-order valence-electron chi connectivity index (χ3n) is 3.41. The number of benzene rings is 1. The number of rotatable bonds is 2. The Hall–Kier alpha value is -1.76. The van der Waals surface area contributed by atoms with Gasteiger partial charge in [0.15, 0.2) is 0 Å². The number of halogens is 3. The van der Waals surface area contributed by atoms with Crippen molar-refractivity contribution in [1.29, 1.82) is 0 Å². The molecule has 1 saturated heterocycles. The highest BCUT2D eigenvalue weighted by Gasteiger charge is 2.30. The molecule has 0 spiro atoms. The molecular weight excluding hydrogens is 285 g/mol. The highest BCUT2D eigenvalue weighted by atomic mass is 19.4. The molecule has 0 aliphatic carbocycles. The number of piperidine rings is 1. The first-order valence-electron chi connectivity index (χ1n) is 6.73. The Morgan fingerprint density at radius 1 is 1.33 bits per heavy atom. The number of carbonyl (C=O) groups is 1. The minimum atomic E-state index is -4.36. The normalized spacial score (nSPS) is 19.4. The lowest BCUT2D eigenvalue weighted by Gasteiger charge is -2.30. The highest BCUT2D eigenvalue weighted by Crippen LogP contribution is 2.29. The summed E-state index contributed by atoms with van der Waals surface area (Å²) in [6.45, 7) is 1.03. The zero-order valence-electron chi connectivity index (χ0n) is 11.4. The fourth-order valence-corrected chi connectivity index (χ4v) is 2.24. The number of hydrogen-bond donors (Lipinski definition) is 2. The summed E-state index contributed by atoms with van der Waals surface area (Å²) in [7, 11) is 0. The van der Waals surface area contributed by atoms with E-state index >= 15 is 0 Å². The van der Waals surface area contributed by atoms with Gasteiger partial charge in [0, 0.05) is 19.6 Å². The highest BCUT2D eigenvalue weighted by molar-refractivity contribution is 5.74. The maximum absolute atomic E-state index is 12.4. The molecule has 1 atom stereocenters. The van der Waals surface area contributed by atoms with Crippen molar-refractivity contribution in [2.24, 2.45) is 0 Å². The topological polar surface area (TPSA) is 52.6 Å². The lowest BCUT2D eigenvalue weighted by molar-refractivity contribution is -0.137. The number of β-amino-alcohol motifs (C(OH)–C–C–N with tert-alkyl or cyclic N) is 1. The van der Waals surface area contributed by atoms with Crippen molar-refractivity contribution in [2.45, 2.75) is 31.7 Å². The zero-order chi connectivity index (χ0) is 15.5. The summed E-state index contributed by atoms with van der Waals surface area (Å²) in [6.07, 6.45) is -3.43. The molecule has 0 bridgehead atoms. The summed E-state index contributed by atoms with van der Waals surface area (Å²) in [4.78, 5) is 13.4. The number of nitrogens with one attached hydrogen (secondary N) is 1. The number of aliphatic hydroxyl groups is 1. The van der Waals surface area contributed by atoms with Crippen LogP contribution in [0.25, 0.3) is 0 Å². The van der Waals surface area contributed by atoms with Gasteiger partial charge in [-0.15, -0.1) is 0 Å². The van der Waals surface area contributed by atoms with Gasteiger partial charge in [-0.3, -0.25) is 0 Å². The smallest absolute Gasteiger partial charge is 0.391 e. The molecule has 2 amide bonds. The second-order valence-electron chi connectivity index (χ2n) is 5.10.